The molecule has 2 aromatic rings. The lowest BCUT2D eigenvalue weighted by Crippen LogP contribution is -1.94. The van der Waals surface area contributed by atoms with E-state index in [4.69, 9.17) is 5.26 Å². The van der Waals surface area contributed by atoms with Gasteiger partial charge in [0.2, 0.25) is 0 Å². The van der Waals surface area contributed by atoms with Crippen molar-refractivity contribution < 1.29 is 0 Å². The second-order valence-corrected chi connectivity index (χ2v) is 3.71. The van der Waals surface area contributed by atoms with E-state index in [9.17, 15) is 0 Å². The molecule has 0 aliphatic rings. The first-order valence-corrected chi connectivity index (χ1v) is 5.02. The molecule has 0 unspecified atom stereocenters. The zero-order chi connectivity index (χ0) is 11.5. The van der Waals surface area contributed by atoms with Gasteiger partial charge < -0.3 is 0 Å². The van der Waals surface area contributed by atoms with Crippen molar-refractivity contribution in [3.05, 3.63) is 47.2 Å². The zero-order valence-corrected chi connectivity index (χ0v) is 9.23. The van der Waals surface area contributed by atoms with Crippen LogP contribution in [0, 0.1) is 25.2 Å². The fourth-order valence-corrected chi connectivity index (χ4v) is 1.64. The van der Waals surface area contributed by atoms with Crippen LogP contribution in [0.3, 0.4) is 0 Å². The third-order valence-corrected chi connectivity index (χ3v) is 2.37. The van der Waals surface area contributed by atoms with Crippen LogP contribution in [-0.2, 0) is 0 Å². The molecule has 3 heteroatoms. The van der Waals surface area contributed by atoms with Gasteiger partial charge in [-0.25, -0.2) is 0 Å². The molecule has 1 aromatic carbocycles. The van der Waals surface area contributed by atoms with E-state index in [1.54, 1.807) is 6.07 Å². The Balaban J connectivity index is 2.55. The van der Waals surface area contributed by atoms with Gasteiger partial charge in [-0.3, -0.25) is 0 Å². The number of hydrogen-bond acceptors (Lipinski definition) is 3. The van der Waals surface area contributed by atoms with Crippen LogP contribution in [0.4, 0.5) is 0 Å². The molecule has 16 heavy (non-hydrogen) atoms. The van der Waals surface area contributed by atoms with Gasteiger partial charge in [0.05, 0.1) is 23.0 Å². The molecule has 0 fully saturated rings. The second-order valence-electron chi connectivity index (χ2n) is 3.71. The normalized spacial score (nSPS) is 9.81. The standard InChI is InChI=1S/C13H11N3/c1-9-6-10(2)15-16-13(9)12-5-3-4-11(7-12)8-14/h3-7H,1-2H3. The number of nitriles is 1. The van der Waals surface area contributed by atoms with Crippen LogP contribution in [0.2, 0.25) is 0 Å². The van der Waals surface area contributed by atoms with Gasteiger partial charge in [-0.15, -0.1) is 5.10 Å². The summed E-state index contributed by atoms with van der Waals surface area (Å²) in [6.45, 7) is 3.91. The van der Waals surface area contributed by atoms with E-state index in [1.807, 2.05) is 38.1 Å². The summed E-state index contributed by atoms with van der Waals surface area (Å²) in [6.07, 6.45) is 0. The van der Waals surface area contributed by atoms with Gasteiger partial charge in [-0.2, -0.15) is 10.4 Å². The van der Waals surface area contributed by atoms with Crippen molar-refractivity contribution >= 4 is 0 Å². The lowest BCUT2D eigenvalue weighted by Gasteiger charge is -2.04. The fourth-order valence-electron chi connectivity index (χ4n) is 1.64. The first-order valence-electron chi connectivity index (χ1n) is 5.02. The molecular weight excluding hydrogens is 198 g/mol. The fraction of sp³-hybridized carbons (Fsp3) is 0.154. The van der Waals surface area contributed by atoms with E-state index in [-0.39, 0.29) is 0 Å². The summed E-state index contributed by atoms with van der Waals surface area (Å²) in [5.74, 6) is 0. The maximum absolute atomic E-state index is 8.84. The molecule has 1 heterocycles. The lowest BCUT2D eigenvalue weighted by atomic mass is 10.0. The van der Waals surface area contributed by atoms with E-state index < -0.39 is 0 Å². The molecule has 0 atom stereocenters. The van der Waals surface area contributed by atoms with Crippen molar-refractivity contribution in [1.82, 2.24) is 10.2 Å². The quantitative estimate of drug-likeness (QED) is 0.725. The van der Waals surface area contributed by atoms with Crippen LogP contribution < -0.4 is 0 Å². The van der Waals surface area contributed by atoms with E-state index in [0.29, 0.717) is 5.56 Å². The van der Waals surface area contributed by atoms with Gasteiger partial charge in [0.15, 0.2) is 0 Å². The number of rotatable bonds is 1. The highest BCUT2D eigenvalue weighted by atomic mass is 15.1. The summed E-state index contributed by atoms with van der Waals surface area (Å²) in [4.78, 5) is 0. The maximum Gasteiger partial charge on any atom is 0.0991 e. The minimum atomic E-state index is 0.638. The average Bonchev–Trinajstić information content (AvgIpc) is 2.29. The highest BCUT2D eigenvalue weighted by Gasteiger charge is 2.05. The second kappa shape index (κ2) is 4.11. The summed E-state index contributed by atoms with van der Waals surface area (Å²) >= 11 is 0. The molecule has 0 spiro atoms. The van der Waals surface area contributed by atoms with Crippen molar-refractivity contribution in [2.24, 2.45) is 0 Å². The molecule has 0 radical (unpaired) electrons. The summed E-state index contributed by atoms with van der Waals surface area (Å²) in [5.41, 5.74) is 4.38. The van der Waals surface area contributed by atoms with Crippen molar-refractivity contribution in [3.8, 4) is 17.3 Å². The van der Waals surface area contributed by atoms with Crippen LogP contribution in [0.5, 0.6) is 0 Å². The van der Waals surface area contributed by atoms with Gasteiger partial charge in [0, 0.05) is 5.56 Å². The number of aryl methyl sites for hydroxylation is 2. The Morgan fingerprint density at radius 1 is 1.12 bits per heavy atom. The van der Waals surface area contributed by atoms with E-state index in [1.165, 1.54) is 0 Å². The van der Waals surface area contributed by atoms with Gasteiger partial charge in [0.25, 0.3) is 0 Å². The first kappa shape index (κ1) is 10.3. The molecule has 1 aromatic heterocycles. The van der Waals surface area contributed by atoms with Crippen LogP contribution in [-0.4, -0.2) is 10.2 Å². The Morgan fingerprint density at radius 3 is 2.62 bits per heavy atom. The van der Waals surface area contributed by atoms with E-state index in [0.717, 1.165) is 22.5 Å². The van der Waals surface area contributed by atoms with Crippen LogP contribution in [0.15, 0.2) is 30.3 Å². The molecule has 3 nitrogen and oxygen atoms in total. The number of benzene rings is 1. The minimum absolute atomic E-state index is 0.638. The molecule has 0 saturated heterocycles. The third-order valence-electron chi connectivity index (χ3n) is 2.37. The molecule has 0 amide bonds. The van der Waals surface area contributed by atoms with Gasteiger partial charge in [-0.05, 0) is 37.6 Å². The Bertz CT molecular complexity index is 568. The minimum Gasteiger partial charge on any atom is -0.192 e. The molecular formula is C13H11N3. The zero-order valence-electron chi connectivity index (χ0n) is 9.23. The highest BCUT2D eigenvalue weighted by molar-refractivity contribution is 5.64. The maximum atomic E-state index is 8.84. The molecule has 0 aliphatic heterocycles. The summed E-state index contributed by atoms with van der Waals surface area (Å²) in [6, 6.07) is 11.5. The van der Waals surface area contributed by atoms with Crippen molar-refractivity contribution in [3.63, 3.8) is 0 Å². The molecule has 78 valence electrons. The molecule has 0 bridgehead atoms. The smallest absolute Gasteiger partial charge is 0.0991 e. The molecule has 0 aliphatic carbocycles. The monoisotopic (exact) mass is 209 g/mol. The number of aromatic nitrogens is 2. The first-order chi connectivity index (χ1) is 7.70. The van der Waals surface area contributed by atoms with E-state index in [2.05, 4.69) is 16.3 Å². The summed E-state index contributed by atoms with van der Waals surface area (Å²) in [7, 11) is 0. The molecule has 0 N–H and O–H groups in total. The molecule has 2 rings (SSSR count). The summed E-state index contributed by atoms with van der Waals surface area (Å²) in [5, 5.41) is 17.0. The highest BCUT2D eigenvalue weighted by Crippen LogP contribution is 2.21. The Kier molecular flexibility index (Phi) is 2.65. The molecule has 0 saturated carbocycles. The lowest BCUT2D eigenvalue weighted by molar-refractivity contribution is 0.973. The average molecular weight is 209 g/mol. The van der Waals surface area contributed by atoms with Gasteiger partial charge in [0.1, 0.15) is 0 Å². The predicted octanol–water partition coefficient (Wildman–Crippen LogP) is 2.63. The van der Waals surface area contributed by atoms with Gasteiger partial charge >= 0.3 is 0 Å². The predicted molar refractivity (Wildman–Crippen MR) is 61.7 cm³/mol. The van der Waals surface area contributed by atoms with Crippen LogP contribution in [0.1, 0.15) is 16.8 Å². The van der Waals surface area contributed by atoms with Crippen molar-refractivity contribution in [2.45, 2.75) is 13.8 Å². The third kappa shape index (κ3) is 1.91. The topological polar surface area (TPSA) is 49.6 Å². The van der Waals surface area contributed by atoms with Crippen LogP contribution >= 0.6 is 0 Å². The SMILES string of the molecule is Cc1cc(C)c(-c2cccc(C#N)c2)nn1. The summed E-state index contributed by atoms with van der Waals surface area (Å²) < 4.78 is 0. The largest absolute Gasteiger partial charge is 0.192 e. The number of hydrogen-bond donors (Lipinski definition) is 0. The van der Waals surface area contributed by atoms with Gasteiger partial charge in [-0.1, -0.05) is 12.1 Å². The Hall–Kier alpha value is -2.21. The number of nitrogens with zero attached hydrogens (tertiary/aromatic N) is 3. The van der Waals surface area contributed by atoms with Crippen molar-refractivity contribution in [1.29, 1.82) is 5.26 Å². The van der Waals surface area contributed by atoms with Crippen LogP contribution in [0.25, 0.3) is 11.3 Å². The van der Waals surface area contributed by atoms with Crippen molar-refractivity contribution in [2.75, 3.05) is 0 Å². The Morgan fingerprint density at radius 2 is 1.94 bits per heavy atom. The van der Waals surface area contributed by atoms with E-state index >= 15 is 0 Å². The Labute approximate surface area is 94.4 Å².